The average Bonchev–Trinajstić information content (AvgIpc) is 2.78. The minimum absolute atomic E-state index is 0.373. The van der Waals surface area contributed by atoms with Crippen LogP contribution in [0.25, 0.3) is 0 Å². The van der Waals surface area contributed by atoms with Crippen molar-refractivity contribution in [3.8, 4) is 18.1 Å². The highest BCUT2D eigenvalue weighted by Crippen LogP contribution is 2.19. The molecule has 0 unspecified atom stereocenters. The van der Waals surface area contributed by atoms with Crippen LogP contribution >= 0.6 is 0 Å². The summed E-state index contributed by atoms with van der Waals surface area (Å²) in [6.45, 7) is 0.373. The number of tetrazole rings is 1. The third-order valence-electron chi connectivity index (χ3n) is 2.39. The Morgan fingerprint density at radius 2 is 2.24 bits per heavy atom. The zero-order valence-electron chi connectivity index (χ0n) is 9.50. The summed E-state index contributed by atoms with van der Waals surface area (Å²) in [6, 6.07) is 7.76. The molecule has 0 aliphatic carbocycles. The van der Waals surface area contributed by atoms with Crippen LogP contribution in [0.5, 0.6) is 5.75 Å². The fourth-order valence-electron chi connectivity index (χ4n) is 1.58. The number of methoxy groups -OCH3 is 1. The minimum atomic E-state index is 0.373. The van der Waals surface area contributed by atoms with E-state index in [-0.39, 0.29) is 0 Å². The molecule has 0 saturated heterocycles. The van der Waals surface area contributed by atoms with Crippen LogP contribution < -0.4 is 4.74 Å². The van der Waals surface area contributed by atoms with E-state index in [4.69, 9.17) is 11.2 Å². The van der Waals surface area contributed by atoms with Crippen molar-refractivity contribution < 1.29 is 4.74 Å². The summed E-state index contributed by atoms with van der Waals surface area (Å²) in [5.41, 5.74) is 1.03. The van der Waals surface area contributed by atoms with E-state index in [1.807, 2.05) is 24.3 Å². The van der Waals surface area contributed by atoms with Gasteiger partial charge in [-0.2, -0.15) is 0 Å². The monoisotopic (exact) mass is 228 g/mol. The molecule has 5 nitrogen and oxygen atoms in total. The lowest BCUT2D eigenvalue weighted by atomic mass is 10.1. The van der Waals surface area contributed by atoms with Crippen molar-refractivity contribution in [1.29, 1.82) is 0 Å². The molecule has 2 rings (SSSR count). The highest BCUT2D eigenvalue weighted by Gasteiger charge is 2.09. The van der Waals surface area contributed by atoms with Gasteiger partial charge in [0.25, 0.3) is 0 Å². The van der Waals surface area contributed by atoms with Gasteiger partial charge in [0.05, 0.1) is 7.11 Å². The second-order valence-electron chi connectivity index (χ2n) is 3.45. The van der Waals surface area contributed by atoms with Crippen LogP contribution in [0.15, 0.2) is 24.3 Å². The van der Waals surface area contributed by atoms with Crippen molar-refractivity contribution in [2.24, 2.45) is 0 Å². The van der Waals surface area contributed by atoms with Crippen LogP contribution in [0.3, 0.4) is 0 Å². The summed E-state index contributed by atoms with van der Waals surface area (Å²) in [5, 5.41) is 11.4. The molecule has 1 heterocycles. The van der Waals surface area contributed by atoms with E-state index in [1.54, 1.807) is 11.8 Å². The van der Waals surface area contributed by atoms with Gasteiger partial charge in [-0.25, -0.2) is 4.68 Å². The molecule has 0 radical (unpaired) electrons. The van der Waals surface area contributed by atoms with Crippen molar-refractivity contribution in [3.05, 3.63) is 35.7 Å². The number of terminal acetylenes is 1. The van der Waals surface area contributed by atoms with Crippen molar-refractivity contribution >= 4 is 0 Å². The number of aromatic nitrogens is 4. The standard InChI is InChI=1S/C12H12N4O/c1-3-8-16-12(13-14-15-16)9-10-6-4-5-7-11(10)17-2/h1,4-7H,8-9H2,2H3. The topological polar surface area (TPSA) is 52.8 Å². The summed E-state index contributed by atoms with van der Waals surface area (Å²) >= 11 is 0. The molecule has 0 bridgehead atoms. The maximum atomic E-state index is 5.28. The highest BCUT2D eigenvalue weighted by molar-refractivity contribution is 5.35. The second kappa shape index (κ2) is 5.12. The first kappa shape index (κ1) is 11.1. The Labute approximate surface area is 99.4 Å². The molecule has 5 heteroatoms. The summed E-state index contributed by atoms with van der Waals surface area (Å²) in [5.74, 6) is 4.07. The average molecular weight is 228 g/mol. The van der Waals surface area contributed by atoms with Crippen molar-refractivity contribution in [3.63, 3.8) is 0 Å². The smallest absolute Gasteiger partial charge is 0.156 e. The molecule has 0 fully saturated rings. The summed E-state index contributed by atoms with van der Waals surface area (Å²) in [4.78, 5) is 0. The van der Waals surface area contributed by atoms with E-state index in [9.17, 15) is 0 Å². The Morgan fingerprint density at radius 1 is 1.41 bits per heavy atom. The molecule has 0 amide bonds. The van der Waals surface area contributed by atoms with E-state index in [0.29, 0.717) is 13.0 Å². The lowest BCUT2D eigenvalue weighted by molar-refractivity contribution is 0.410. The van der Waals surface area contributed by atoms with Gasteiger partial charge in [-0.3, -0.25) is 0 Å². The van der Waals surface area contributed by atoms with Crippen molar-refractivity contribution in [2.45, 2.75) is 13.0 Å². The lowest BCUT2D eigenvalue weighted by Crippen LogP contribution is -2.06. The van der Waals surface area contributed by atoms with Crippen LogP contribution in [0.4, 0.5) is 0 Å². The van der Waals surface area contributed by atoms with Gasteiger partial charge in [-0.1, -0.05) is 24.1 Å². The number of hydrogen-bond acceptors (Lipinski definition) is 4. The molecule has 17 heavy (non-hydrogen) atoms. The van der Waals surface area contributed by atoms with Crippen LogP contribution in [-0.4, -0.2) is 27.3 Å². The maximum absolute atomic E-state index is 5.28. The summed E-state index contributed by atoms with van der Waals surface area (Å²) in [6.07, 6.45) is 5.84. The summed E-state index contributed by atoms with van der Waals surface area (Å²) < 4.78 is 6.88. The fraction of sp³-hybridized carbons (Fsp3) is 0.250. The number of hydrogen-bond donors (Lipinski definition) is 0. The molecule has 1 aromatic carbocycles. The van der Waals surface area contributed by atoms with Crippen LogP contribution in [0, 0.1) is 12.3 Å². The lowest BCUT2D eigenvalue weighted by Gasteiger charge is -2.07. The molecule has 0 aliphatic rings. The van der Waals surface area contributed by atoms with Gasteiger partial charge in [0.15, 0.2) is 5.82 Å². The SMILES string of the molecule is C#CCn1nnnc1Cc1ccccc1OC. The van der Waals surface area contributed by atoms with E-state index in [2.05, 4.69) is 21.4 Å². The molecule has 1 aromatic heterocycles. The Balaban J connectivity index is 2.25. The first-order chi connectivity index (χ1) is 8.35. The Morgan fingerprint density at radius 3 is 3.00 bits per heavy atom. The Bertz CT molecular complexity index is 541. The molecular weight excluding hydrogens is 216 g/mol. The molecule has 0 N–H and O–H groups in total. The fourth-order valence-corrected chi connectivity index (χ4v) is 1.58. The third kappa shape index (κ3) is 2.42. The Kier molecular flexibility index (Phi) is 3.36. The zero-order valence-corrected chi connectivity index (χ0v) is 9.50. The van der Waals surface area contributed by atoms with Crippen molar-refractivity contribution in [2.75, 3.05) is 7.11 Å². The number of nitrogens with zero attached hydrogens (tertiary/aromatic N) is 4. The third-order valence-corrected chi connectivity index (χ3v) is 2.39. The normalized spacial score (nSPS) is 9.88. The first-order valence-corrected chi connectivity index (χ1v) is 5.15. The van der Waals surface area contributed by atoms with E-state index in [0.717, 1.165) is 17.1 Å². The van der Waals surface area contributed by atoms with E-state index in [1.165, 1.54) is 0 Å². The molecule has 0 saturated carbocycles. The van der Waals surface area contributed by atoms with E-state index < -0.39 is 0 Å². The van der Waals surface area contributed by atoms with Crippen LogP contribution in [0.2, 0.25) is 0 Å². The zero-order chi connectivity index (χ0) is 12.1. The van der Waals surface area contributed by atoms with Gasteiger partial charge < -0.3 is 4.74 Å². The van der Waals surface area contributed by atoms with Gasteiger partial charge >= 0.3 is 0 Å². The Hall–Kier alpha value is -2.35. The number of rotatable bonds is 4. The molecule has 2 aromatic rings. The predicted molar refractivity (Wildman–Crippen MR) is 62.5 cm³/mol. The maximum Gasteiger partial charge on any atom is 0.156 e. The van der Waals surface area contributed by atoms with Gasteiger partial charge in [0.2, 0.25) is 0 Å². The van der Waals surface area contributed by atoms with Crippen molar-refractivity contribution in [1.82, 2.24) is 20.2 Å². The molecule has 0 atom stereocenters. The second-order valence-corrected chi connectivity index (χ2v) is 3.45. The number of benzene rings is 1. The first-order valence-electron chi connectivity index (χ1n) is 5.15. The molecule has 86 valence electrons. The van der Waals surface area contributed by atoms with Gasteiger partial charge in [-0.05, 0) is 16.5 Å². The predicted octanol–water partition coefficient (Wildman–Crippen LogP) is 0.906. The molecule has 0 aliphatic heterocycles. The largest absolute Gasteiger partial charge is 0.496 e. The van der Waals surface area contributed by atoms with Crippen LogP contribution in [0.1, 0.15) is 11.4 Å². The summed E-state index contributed by atoms with van der Waals surface area (Å²) in [7, 11) is 1.64. The van der Waals surface area contributed by atoms with Gasteiger partial charge in [-0.15, -0.1) is 11.5 Å². The number of para-hydroxylation sites is 1. The van der Waals surface area contributed by atoms with Crippen LogP contribution in [-0.2, 0) is 13.0 Å². The number of ether oxygens (including phenoxy) is 1. The van der Waals surface area contributed by atoms with E-state index >= 15 is 0 Å². The minimum Gasteiger partial charge on any atom is -0.496 e. The molecule has 0 spiro atoms. The van der Waals surface area contributed by atoms with Gasteiger partial charge in [0.1, 0.15) is 12.3 Å². The molecular formula is C12H12N4O. The quantitative estimate of drug-likeness (QED) is 0.730. The van der Waals surface area contributed by atoms with Gasteiger partial charge in [0, 0.05) is 12.0 Å². The highest BCUT2D eigenvalue weighted by atomic mass is 16.5.